The van der Waals surface area contributed by atoms with Crippen LogP contribution in [0.1, 0.15) is 5.01 Å². The first-order chi connectivity index (χ1) is 7.92. The van der Waals surface area contributed by atoms with Crippen molar-refractivity contribution >= 4 is 21.6 Å². The molecule has 1 aliphatic rings. The fraction of sp³-hybridized carbons (Fsp3) is 0.417. The Bertz CT molecular complexity index is 444. The molecule has 3 rings (SSSR count). The van der Waals surface area contributed by atoms with Gasteiger partial charge >= 0.3 is 0 Å². The third-order valence-corrected chi connectivity index (χ3v) is 3.82. The SMILES string of the molecule is c1ccc2sc(CN3CCOCC3)nc2c1. The van der Waals surface area contributed by atoms with Gasteiger partial charge in [0, 0.05) is 13.1 Å². The number of hydrogen-bond donors (Lipinski definition) is 0. The van der Waals surface area contributed by atoms with Crippen LogP contribution in [0.25, 0.3) is 10.2 Å². The van der Waals surface area contributed by atoms with Gasteiger partial charge in [0.2, 0.25) is 0 Å². The van der Waals surface area contributed by atoms with E-state index in [0.717, 1.165) is 38.4 Å². The van der Waals surface area contributed by atoms with E-state index in [1.54, 1.807) is 11.3 Å². The summed E-state index contributed by atoms with van der Waals surface area (Å²) in [5, 5.41) is 1.21. The summed E-state index contributed by atoms with van der Waals surface area (Å²) in [6.45, 7) is 4.71. The molecule has 2 heterocycles. The summed E-state index contributed by atoms with van der Waals surface area (Å²) >= 11 is 1.80. The summed E-state index contributed by atoms with van der Waals surface area (Å²) in [4.78, 5) is 7.05. The lowest BCUT2D eigenvalue weighted by Crippen LogP contribution is -2.35. The highest BCUT2D eigenvalue weighted by atomic mass is 32.1. The van der Waals surface area contributed by atoms with Crippen molar-refractivity contribution in [2.45, 2.75) is 6.54 Å². The van der Waals surface area contributed by atoms with Gasteiger partial charge in [-0.15, -0.1) is 11.3 Å². The molecule has 0 spiro atoms. The molecule has 1 saturated heterocycles. The van der Waals surface area contributed by atoms with Crippen LogP contribution in [0, 0.1) is 0 Å². The maximum absolute atomic E-state index is 5.34. The minimum Gasteiger partial charge on any atom is -0.379 e. The first kappa shape index (κ1) is 10.2. The van der Waals surface area contributed by atoms with Crippen LogP contribution in [0.15, 0.2) is 24.3 Å². The number of morpholine rings is 1. The number of ether oxygens (including phenoxy) is 1. The molecule has 84 valence electrons. The largest absolute Gasteiger partial charge is 0.379 e. The Balaban J connectivity index is 1.78. The monoisotopic (exact) mass is 234 g/mol. The zero-order valence-corrected chi connectivity index (χ0v) is 9.87. The van der Waals surface area contributed by atoms with Crippen LogP contribution in [-0.2, 0) is 11.3 Å². The minimum absolute atomic E-state index is 0.852. The van der Waals surface area contributed by atoms with Crippen molar-refractivity contribution in [3.8, 4) is 0 Å². The Labute approximate surface area is 98.7 Å². The Morgan fingerprint density at radius 2 is 2.06 bits per heavy atom. The number of thiazole rings is 1. The summed E-state index contributed by atoms with van der Waals surface area (Å²) in [7, 11) is 0. The summed E-state index contributed by atoms with van der Waals surface area (Å²) in [5.41, 5.74) is 1.12. The molecule has 0 amide bonds. The minimum atomic E-state index is 0.852. The average molecular weight is 234 g/mol. The van der Waals surface area contributed by atoms with Crippen molar-refractivity contribution in [3.05, 3.63) is 29.3 Å². The van der Waals surface area contributed by atoms with E-state index in [1.165, 1.54) is 9.71 Å². The van der Waals surface area contributed by atoms with Gasteiger partial charge in [-0.2, -0.15) is 0 Å². The quantitative estimate of drug-likeness (QED) is 0.796. The third kappa shape index (κ3) is 2.09. The second kappa shape index (κ2) is 4.49. The van der Waals surface area contributed by atoms with Crippen molar-refractivity contribution in [1.29, 1.82) is 0 Å². The molecule has 4 heteroatoms. The van der Waals surface area contributed by atoms with Gasteiger partial charge < -0.3 is 4.74 Å². The van der Waals surface area contributed by atoms with Crippen LogP contribution in [-0.4, -0.2) is 36.2 Å². The molecule has 0 atom stereocenters. The van der Waals surface area contributed by atoms with Gasteiger partial charge in [-0.3, -0.25) is 4.90 Å². The number of rotatable bonds is 2. The predicted octanol–water partition coefficient (Wildman–Crippen LogP) is 2.13. The standard InChI is InChI=1S/C12H14N2OS/c1-2-4-11-10(3-1)13-12(16-11)9-14-5-7-15-8-6-14/h1-4H,5-9H2. The number of fused-ring (bicyclic) bond motifs is 1. The van der Waals surface area contributed by atoms with Crippen LogP contribution in [0.4, 0.5) is 0 Å². The molecule has 16 heavy (non-hydrogen) atoms. The van der Waals surface area contributed by atoms with Gasteiger partial charge in [0.1, 0.15) is 5.01 Å². The topological polar surface area (TPSA) is 25.4 Å². The molecule has 0 bridgehead atoms. The predicted molar refractivity (Wildman–Crippen MR) is 65.7 cm³/mol. The van der Waals surface area contributed by atoms with Crippen LogP contribution in [0.2, 0.25) is 0 Å². The summed E-state index contributed by atoms with van der Waals surface area (Å²) in [6, 6.07) is 8.32. The Hall–Kier alpha value is -0.970. The van der Waals surface area contributed by atoms with Crippen LogP contribution >= 0.6 is 11.3 Å². The van der Waals surface area contributed by atoms with Crippen molar-refractivity contribution < 1.29 is 4.74 Å². The molecule has 0 unspecified atom stereocenters. The van der Waals surface area contributed by atoms with E-state index >= 15 is 0 Å². The summed E-state index contributed by atoms with van der Waals surface area (Å²) < 4.78 is 6.62. The van der Waals surface area contributed by atoms with E-state index in [0.29, 0.717) is 0 Å². The lowest BCUT2D eigenvalue weighted by Gasteiger charge is -2.25. The number of hydrogen-bond acceptors (Lipinski definition) is 4. The Morgan fingerprint density at radius 1 is 1.25 bits per heavy atom. The molecule has 2 aromatic rings. The zero-order chi connectivity index (χ0) is 10.8. The molecule has 3 nitrogen and oxygen atoms in total. The highest BCUT2D eigenvalue weighted by Gasteiger charge is 2.12. The molecule has 1 aromatic carbocycles. The van der Waals surface area contributed by atoms with E-state index in [1.807, 2.05) is 6.07 Å². The number of benzene rings is 1. The molecule has 1 aromatic heterocycles. The maximum atomic E-state index is 5.34. The van der Waals surface area contributed by atoms with Crippen LogP contribution < -0.4 is 0 Å². The van der Waals surface area contributed by atoms with Gasteiger partial charge in [0.05, 0.1) is 30.0 Å². The van der Waals surface area contributed by atoms with Crippen LogP contribution in [0.3, 0.4) is 0 Å². The second-order valence-corrected chi connectivity index (χ2v) is 5.08. The van der Waals surface area contributed by atoms with Gasteiger partial charge in [-0.1, -0.05) is 12.1 Å². The van der Waals surface area contributed by atoms with E-state index in [4.69, 9.17) is 4.74 Å². The van der Waals surface area contributed by atoms with Gasteiger partial charge in [0.15, 0.2) is 0 Å². The molecule has 0 radical (unpaired) electrons. The van der Waals surface area contributed by atoms with Gasteiger partial charge in [-0.05, 0) is 12.1 Å². The first-order valence-electron chi connectivity index (χ1n) is 5.56. The molecule has 0 N–H and O–H groups in total. The van der Waals surface area contributed by atoms with E-state index in [2.05, 4.69) is 28.1 Å². The molecular weight excluding hydrogens is 220 g/mol. The van der Waals surface area contributed by atoms with Gasteiger partial charge in [0.25, 0.3) is 0 Å². The molecule has 0 saturated carbocycles. The van der Waals surface area contributed by atoms with Gasteiger partial charge in [-0.25, -0.2) is 4.98 Å². The van der Waals surface area contributed by atoms with E-state index in [-0.39, 0.29) is 0 Å². The first-order valence-corrected chi connectivity index (χ1v) is 6.38. The van der Waals surface area contributed by atoms with Crippen molar-refractivity contribution in [1.82, 2.24) is 9.88 Å². The fourth-order valence-corrected chi connectivity index (χ4v) is 2.95. The van der Waals surface area contributed by atoms with Crippen molar-refractivity contribution in [3.63, 3.8) is 0 Å². The maximum Gasteiger partial charge on any atom is 0.108 e. The number of para-hydroxylation sites is 1. The Kier molecular flexibility index (Phi) is 2.86. The van der Waals surface area contributed by atoms with Crippen LogP contribution in [0.5, 0.6) is 0 Å². The number of aromatic nitrogens is 1. The molecule has 0 aliphatic carbocycles. The highest BCUT2D eigenvalue weighted by molar-refractivity contribution is 7.18. The number of nitrogens with zero attached hydrogens (tertiary/aromatic N) is 2. The highest BCUT2D eigenvalue weighted by Crippen LogP contribution is 2.22. The lowest BCUT2D eigenvalue weighted by molar-refractivity contribution is 0.0342. The normalized spacial score (nSPS) is 18.0. The smallest absolute Gasteiger partial charge is 0.108 e. The lowest BCUT2D eigenvalue weighted by atomic mass is 10.3. The molecular formula is C12H14N2OS. The fourth-order valence-electron chi connectivity index (χ4n) is 1.94. The zero-order valence-electron chi connectivity index (χ0n) is 9.06. The summed E-state index contributed by atoms with van der Waals surface area (Å²) in [6.07, 6.45) is 0. The Morgan fingerprint density at radius 3 is 2.88 bits per heavy atom. The summed E-state index contributed by atoms with van der Waals surface area (Å²) in [5.74, 6) is 0. The van der Waals surface area contributed by atoms with Crippen molar-refractivity contribution in [2.75, 3.05) is 26.3 Å². The molecule has 1 aliphatic heterocycles. The second-order valence-electron chi connectivity index (χ2n) is 3.96. The third-order valence-electron chi connectivity index (χ3n) is 2.80. The molecule has 1 fully saturated rings. The van der Waals surface area contributed by atoms with Crippen molar-refractivity contribution in [2.24, 2.45) is 0 Å². The average Bonchev–Trinajstić information content (AvgIpc) is 2.72. The van der Waals surface area contributed by atoms with E-state index < -0.39 is 0 Å². The van der Waals surface area contributed by atoms with E-state index in [9.17, 15) is 0 Å².